The Hall–Kier alpha value is -3.12. The first-order chi connectivity index (χ1) is 15.4. The number of phenolic OH excluding ortho intramolecular Hbond substituents is 1. The van der Waals surface area contributed by atoms with Crippen LogP contribution in [0.1, 0.15) is 54.7 Å². The number of ether oxygens (including phenoxy) is 1. The highest BCUT2D eigenvalue weighted by Gasteiger charge is 2.25. The quantitative estimate of drug-likeness (QED) is 0.493. The van der Waals surface area contributed by atoms with Crippen LogP contribution >= 0.6 is 0 Å². The van der Waals surface area contributed by atoms with Crippen molar-refractivity contribution in [2.45, 2.75) is 58.6 Å². The molecule has 6 nitrogen and oxygen atoms in total. The number of aryl methyl sites for hydroxylation is 2. The van der Waals surface area contributed by atoms with Gasteiger partial charge in [-0.1, -0.05) is 32.0 Å². The number of rotatable bonds is 7. The van der Waals surface area contributed by atoms with Crippen LogP contribution in [0.5, 0.6) is 5.75 Å². The molecule has 0 amide bonds. The maximum absolute atomic E-state index is 11.8. The summed E-state index contributed by atoms with van der Waals surface area (Å²) in [4.78, 5) is 26.2. The molecule has 0 unspecified atom stereocenters. The summed E-state index contributed by atoms with van der Waals surface area (Å²) in [5.41, 5.74) is 6.44. The Balaban J connectivity index is 1.56. The van der Waals surface area contributed by atoms with Crippen molar-refractivity contribution in [2.24, 2.45) is 0 Å². The third kappa shape index (κ3) is 4.41. The van der Waals surface area contributed by atoms with E-state index < -0.39 is 6.10 Å². The fourth-order valence-corrected chi connectivity index (χ4v) is 4.81. The number of aromatic hydroxyl groups is 1. The van der Waals surface area contributed by atoms with Crippen molar-refractivity contribution in [3.8, 4) is 5.75 Å². The van der Waals surface area contributed by atoms with Gasteiger partial charge in [0.1, 0.15) is 11.9 Å². The van der Waals surface area contributed by atoms with Gasteiger partial charge in [0, 0.05) is 36.5 Å². The van der Waals surface area contributed by atoms with Crippen molar-refractivity contribution in [3.63, 3.8) is 0 Å². The van der Waals surface area contributed by atoms with Gasteiger partial charge in [-0.15, -0.1) is 0 Å². The first kappa shape index (κ1) is 22.1. The maximum Gasteiger partial charge on any atom is 0.303 e. The van der Waals surface area contributed by atoms with Gasteiger partial charge in [0.05, 0.1) is 5.52 Å². The highest BCUT2D eigenvalue weighted by Crippen LogP contribution is 2.31. The number of pyridine rings is 1. The maximum atomic E-state index is 11.8. The van der Waals surface area contributed by atoms with Crippen LogP contribution < -0.4 is 10.9 Å². The van der Waals surface area contributed by atoms with Crippen LogP contribution in [-0.2, 0) is 35.2 Å². The molecule has 2 aromatic carbocycles. The van der Waals surface area contributed by atoms with E-state index in [9.17, 15) is 14.7 Å². The normalized spacial score (nSPS) is 14.5. The molecule has 6 heteroatoms. The number of phenols is 1. The van der Waals surface area contributed by atoms with E-state index in [1.54, 1.807) is 12.1 Å². The van der Waals surface area contributed by atoms with E-state index in [1.807, 2.05) is 0 Å². The van der Waals surface area contributed by atoms with Crippen LogP contribution in [-0.4, -0.2) is 28.6 Å². The van der Waals surface area contributed by atoms with Gasteiger partial charge >= 0.3 is 5.97 Å². The van der Waals surface area contributed by atoms with Gasteiger partial charge in [-0.05, 0) is 60.1 Å². The third-order valence-electron chi connectivity index (χ3n) is 6.37. The number of hydrogen-bond donors (Lipinski definition) is 3. The molecule has 0 spiro atoms. The standard InChI is InChI=1S/C26H30N2O4/c1-4-16-10-18-12-20(13-19(18)11-17(16)5-2)27-14-24(32-15(3)29)21-6-8-23(30)26-22(21)7-9-25(31)28-26/h6-11,20,24,27,30H,4-5,12-14H2,1-3H3,(H,28,31)/t24-/m0/s1. The summed E-state index contributed by atoms with van der Waals surface area (Å²) < 4.78 is 5.65. The monoisotopic (exact) mass is 434 g/mol. The SMILES string of the molecule is CCc1cc2c(cc1CC)CC(NC[C@H](OC(C)=O)c1ccc(O)c3[nH]c(=O)ccc13)C2. The lowest BCUT2D eigenvalue weighted by Crippen LogP contribution is -2.34. The second-order valence-corrected chi connectivity index (χ2v) is 8.49. The minimum absolute atomic E-state index is 0.0133. The minimum atomic E-state index is -0.539. The highest BCUT2D eigenvalue weighted by molar-refractivity contribution is 5.87. The summed E-state index contributed by atoms with van der Waals surface area (Å²) in [7, 11) is 0. The molecule has 32 heavy (non-hydrogen) atoms. The summed E-state index contributed by atoms with van der Waals surface area (Å²) in [6.45, 7) is 6.23. The van der Waals surface area contributed by atoms with Crippen LogP contribution in [0.15, 0.2) is 41.2 Å². The lowest BCUT2D eigenvalue weighted by atomic mass is 9.97. The molecular formula is C26H30N2O4. The summed E-state index contributed by atoms with van der Waals surface area (Å²) in [6, 6.07) is 11.3. The summed E-state index contributed by atoms with van der Waals surface area (Å²) in [6.07, 6.45) is 3.44. The number of fused-ring (bicyclic) bond motifs is 2. The van der Waals surface area contributed by atoms with E-state index in [4.69, 9.17) is 4.74 Å². The molecule has 0 fully saturated rings. The Morgan fingerprint density at radius 2 is 1.78 bits per heavy atom. The lowest BCUT2D eigenvalue weighted by Gasteiger charge is -2.22. The number of benzene rings is 2. The average molecular weight is 435 g/mol. The van der Waals surface area contributed by atoms with E-state index >= 15 is 0 Å². The van der Waals surface area contributed by atoms with Crippen LogP contribution in [0.3, 0.4) is 0 Å². The molecule has 1 aliphatic carbocycles. The largest absolute Gasteiger partial charge is 0.506 e. The predicted molar refractivity (Wildman–Crippen MR) is 125 cm³/mol. The Labute approximate surface area is 187 Å². The van der Waals surface area contributed by atoms with E-state index in [-0.39, 0.29) is 23.3 Å². The van der Waals surface area contributed by atoms with Crippen LogP contribution in [0, 0.1) is 0 Å². The summed E-state index contributed by atoms with van der Waals surface area (Å²) in [5, 5.41) is 14.4. The molecule has 0 saturated carbocycles. The number of esters is 1. The van der Waals surface area contributed by atoms with Crippen molar-refractivity contribution in [2.75, 3.05) is 6.54 Å². The first-order valence-electron chi connectivity index (χ1n) is 11.3. The van der Waals surface area contributed by atoms with Gasteiger partial charge < -0.3 is 20.1 Å². The topological polar surface area (TPSA) is 91.4 Å². The number of nitrogens with one attached hydrogen (secondary N) is 2. The molecule has 3 N–H and O–H groups in total. The van der Waals surface area contributed by atoms with E-state index in [0.29, 0.717) is 17.4 Å². The highest BCUT2D eigenvalue weighted by atomic mass is 16.5. The first-order valence-corrected chi connectivity index (χ1v) is 11.3. The molecule has 1 aliphatic rings. The molecule has 1 aromatic heterocycles. The van der Waals surface area contributed by atoms with Crippen molar-refractivity contribution >= 4 is 16.9 Å². The van der Waals surface area contributed by atoms with E-state index in [0.717, 1.165) is 31.2 Å². The molecule has 3 aromatic rings. The predicted octanol–water partition coefficient (Wildman–Crippen LogP) is 3.72. The Kier molecular flexibility index (Phi) is 6.33. The molecule has 168 valence electrons. The number of aromatic amines is 1. The van der Waals surface area contributed by atoms with Crippen molar-refractivity contribution in [1.82, 2.24) is 10.3 Å². The lowest BCUT2D eigenvalue weighted by molar-refractivity contribution is -0.146. The van der Waals surface area contributed by atoms with Crippen molar-refractivity contribution < 1.29 is 14.6 Å². The van der Waals surface area contributed by atoms with E-state index in [2.05, 4.69) is 36.3 Å². The Morgan fingerprint density at radius 1 is 1.12 bits per heavy atom. The fourth-order valence-electron chi connectivity index (χ4n) is 4.81. The number of carbonyl (C=O) groups is 1. The molecule has 1 heterocycles. The third-order valence-corrected chi connectivity index (χ3v) is 6.37. The van der Waals surface area contributed by atoms with Crippen LogP contribution in [0.2, 0.25) is 0 Å². The number of hydrogen-bond acceptors (Lipinski definition) is 5. The van der Waals surface area contributed by atoms with Gasteiger partial charge in [-0.2, -0.15) is 0 Å². The molecule has 0 saturated heterocycles. The summed E-state index contributed by atoms with van der Waals surface area (Å²) in [5.74, 6) is -0.391. The Bertz CT molecular complexity index is 1180. The van der Waals surface area contributed by atoms with Crippen molar-refractivity contribution in [1.29, 1.82) is 0 Å². The van der Waals surface area contributed by atoms with Gasteiger partial charge in [-0.3, -0.25) is 9.59 Å². The van der Waals surface area contributed by atoms with Gasteiger partial charge in [0.15, 0.2) is 0 Å². The zero-order chi connectivity index (χ0) is 22.8. The number of carbonyl (C=O) groups excluding carboxylic acids is 1. The summed E-state index contributed by atoms with van der Waals surface area (Å²) >= 11 is 0. The smallest absolute Gasteiger partial charge is 0.303 e. The Morgan fingerprint density at radius 3 is 2.38 bits per heavy atom. The van der Waals surface area contributed by atoms with Crippen LogP contribution in [0.25, 0.3) is 10.9 Å². The van der Waals surface area contributed by atoms with E-state index in [1.165, 1.54) is 41.3 Å². The molecule has 0 aliphatic heterocycles. The second-order valence-electron chi connectivity index (χ2n) is 8.49. The van der Waals surface area contributed by atoms with Gasteiger partial charge in [0.2, 0.25) is 5.56 Å². The molecule has 0 bridgehead atoms. The fraction of sp³-hybridized carbons (Fsp3) is 0.385. The van der Waals surface area contributed by atoms with Gasteiger partial charge in [-0.25, -0.2) is 0 Å². The van der Waals surface area contributed by atoms with Crippen molar-refractivity contribution in [3.05, 3.63) is 74.6 Å². The number of aromatic nitrogens is 1. The zero-order valence-corrected chi connectivity index (χ0v) is 18.8. The van der Waals surface area contributed by atoms with Gasteiger partial charge in [0.25, 0.3) is 0 Å². The van der Waals surface area contributed by atoms with Crippen LogP contribution in [0.4, 0.5) is 0 Å². The molecular weight excluding hydrogens is 404 g/mol. The second kappa shape index (κ2) is 9.17. The molecule has 1 atom stereocenters. The molecule has 4 rings (SSSR count). The number of H-pyrrole nitrogens is 1. The zero-order valence-electron chi connectivity index (χ0n) is 18.8. The molecule has 0 radical (unpaired) electrons. The average Bonchev–Trinajstić information content (AvgIpc) is 3.17. The minimum Gasteiger partial charge on any atom is -0.506 e.